The lowest BCUT2D eigenvalue weighted by molar-refractivity contribution is -0.155. The molecule has 0 fully saturated rings. The average Bonchev–Trinajstić information content (AvgIpc) is 2.81. The highest BCUT2D eigenvalue weighted by Gasteiger charge is 2.27. The minimum absolute atomic E-state index is 0.0854. The van der Waals surface area contributed by atoms with Crippen LogP contribution < -0.4 is 0 Å². The molecule has 1 amide bonds. The monoisotopic (exact) mass is 437 g/mol. The maximum absolute atomic E-state index is 13.3. The molecule has 0 unspecified atom stereocenters. The van der Waals surface area contributed by atoms with Gasteiger partial charge in [-0.15, -0.1) is 0 Å². The van der Waals surface area contributed by atoms with E-state index in [0.29, 0.717) is 18.8 Å². The third-order valence-corrected chi connectivity index (χ3v) is 4.89. The van der Waals surface area contributed by atoms with E-state index in [1.54, 1.807) is 4.90 Å². The van der Waals surface area contributed by atoms with Crippen LogP contribution in [0.4, 0.5) is 0 Å². The number of halogens is 1. The first-order chi connectivity index (χ1) is 12.5. The quantitative estimate of drug-likeness (QED) is 0.650. The van der Waals surface area contributed by atoms with Crippen molar-refractivity contribution in [1.82, 2.24) is 14.4 Å². The molecule has 0 aliphatic rings. The van der Waals surface area contributed by atoms with Crippen LogP contribution >= 0.6 is 15.9 Å². The predicted molar refractivity (Wildman–Crippen MR) is 111 cm³/mol. The minimum Gasteiger partial charge on any atom is -0.459 e. The van der Waals surface area contributed by atoms with E-state index in [4.69, 9.17) is 4.74 Å². The maximum atomic E-state index is 13.3. The Bertz CT molecular complexity index is 798. The number of fused-ring (bicyclic) bond motifs is 1. The van der Waals surface area contributed by atoms with Crippen LogP contribution in [0.25, 0.3) is 10.9 Å². The molecule has 148 valence electrons. The van der Waals surface area contributed by atoms with E-state index < -0.39 is 11.6 Å². The van der Waals surface area contributed by atoms with Crippen LogP contribution in [0.3, 0.4) is 0 Å². The number of ether oxygens (including phenoxy) is 1. The number of para-hydroxylation sites is 1. The summed E-state index contributed by atoms with van der Waals surface area (Å²) in [5.74, 6) is -0.613. The van der Waals surface area contributed by atoms with E-state index in [1.807, 2.05) is 75.6 Å². The highest BCUT2D eigenvalue weighted by Crippen LogP contribution is 2.31. The molecule has 0 spiro atoms. The molecule has 0 aliphatic carbocycles. The van der Waals surface area contributed by atoms with Gasteiger partial charge in [0.2, 0.25) is 0 Å². The van der Waals surface area contributed by atoms with Crippen LogP contribution in [0.5, 0.6) is 0 Å². The molecule has 0 saturated carbocycles. The summed E-state index contributed by atoms with van der Waals surface area (Å²) in [4.78, 5) is 29.2. The van der Waals surface area contributed by atoms with Gasteiger partial charge in [-0.2, -0.15) is 0 Å². The summed E-state index contributed by atoms with van der Waals surface area (Å²) < 4.78 is 8.02. The first kappa shape index (κ1) is 21.4. The van der Waals surface area contributed by atoms with E-state index in [9.17, 15) is 9.59 Å². The fraction of sp³-hybridized carbons (Fsp3) is 0.500. The molecule has 6 nitrogen and oxygen atoms in total. The van der Waals surface area contributed by atoms with Crippen LogP contribution in [0.2, 0.25) is 0 Å². The van der Waals surface area contributed by atoms with Gasteiger partial charge in [-0.1, -0.05) is 18.2 Å². The van der Waals surface area contributed by atoms with Gasteiger partial charge in [0, 0.05) is 31.0 Å². The molecule has 1 heterocycles. The minimum atomic E-state index is -0.590. The Hall–Kier alpha value is -1.86. The highest BCUT2D eigenvalue weighted by atomic mass is 79.9. The number of hydrogen-bond donors (Lipinski definition) is 0. The second kappa shape index (κ2) is 8.44. The first-order valence-corrected chi connectivity index (χ1v) is 9.69. The molecule has 0 aliphatic heterocycles. The number of likely N-dealkylation sites (N-methyl/N-ethyl adjacent to an activating group) is 1. The van der Waals surface area contributed by atoms with E-state index in [-0.39, 0.29) is 12.5 Å². The fourth-order valence-corrected chi connectivity index (χ4v) is 3.61. The summed E-state index contributed by atoms with van der Waals surface area (Å²) in [7, 11) is 5.73. The van der Waals surface area contributed by atoms with Gasteiger partial charge in [0.15, 0.2) is 0 Å². The Kier molecular flexibility index (Phi) is 6.70. The first-order valence-electron chi connectivity index (χ1n) is 8.90. The molecule has 0 radical (unpaired) electrons. The molecule has 1 aromatic carbocycles. The summed E-state index contributed by atoms with van der Waals surface area (Å²) >= 11 is 3.57. The van der Waals surface area contributed by atoms with Gasteiger partial charge in [0.1, 0.15) is 17.8 Å². The maximum Gasteiger partial charge on any atom is 0.326 e. The summed E-state index contributed by atoms with van der Waals surface area (Å²) in [5, 5.41) is 0.966. The second-order valence-corrected chi connectivity index (χ2v) is 8.65. The number of benzene rings is 1. The number of aryl methyl sites for hydroxylation is 1. The molecule has 27 heavy (non-hydrogen) atoms. The van der Waals surface area contributed by atoms with Crippen LogP contribution in [0.1, 0.15) is 31.3 Å². The van der Waals surface area contributed by atoms with Gasteiger partial charge in [-0.05, 0) is 56.9 Å². The van der Waals surface area contributed by atoms with Gasteiger partial charge in [0.25, 0.3) is 5.91 Å². The molecule has 2 aromatic rings. The van der Waals surface area contributed by atoms with Gasteiger partial charge in [-0.25, -0.2) is 0 Å². The Morgan fingerprint density at radius 3 is 2.33 bits per heavy atom. The van der Waals surface area contributed by atoms with Crippen molar-refractivity contribution in [3.05, 3.63) is 34.4 Å². The number of aromatic nitrogens is 1. The normalized spacial score (nSPS) is 11.9. The number of carbonyl (C=O) groups excluding carboxylic acids is 2. The number of amides is 1. The van der Waals surface area contributed by atoms with Crippen molar-refractivity contribution < 1.29 is 14.3 Å². The lowest BCUT2D eigenvalue weighted by Crippen LogP contribution is -2.42. The van der Waals surface area contributed by atoms with Crippen molar-refractivity contribution in [2.75, 3.05) is 33.7 Å². The smallest absolute Gasteiger partial charge is 0.326 e. The summed E-state index contributed by atoms with van der Waals surface area (Å²) in [6.07, 6.45) is 0. The van der Waals surface area contributed by atoms with E-state index in [2.05, 4.69) is 15.9 Å². The molecule has 0 atom stereocenters. The standard InChI is InChI=1S/C20H28BrN3O3/c1-20(2,3)27-16(25)13-24(12-11-22(4)5)19(26)18-17(21)14-9-7-8-10-15(14)23(18)6/h7-10H,11-13H2,1-6H3. The zero-order valence-corrected chi connectivity index (χ0v) is 18.5. The van der Waals surface area contributed by atoms with Crippen molar-refractivity contribution in [1.29, 1.82) is 0 Å². The van der Waals surface area contributed by atoms with Crippen LogP contribution in [0.15, 0.2) is 28.7 Å². The largest absolute Gasteiger partial charge is 0.459 e. The van der Waals surface area contributed by atoms with Crippen molar-refractivity contribution >= 4 is 38.7 Å². The molecule has 7 heteroatoms. The zero-order chi connectivity index (χ0) is 20.4. The number of carbonyl (C=O) groups is 2. The molecular weight excluding hydrogens is 410 g/mol. The van der Waals surface area contributed by atoms with E-state index in [1.165, 1.54) is 0 Å². The number of esters is 1. The van der Waals surface area contributed by atoms with Crippen LogP contribution in [-0.2, 0) is 16.6 Å². The van der Waals surface area contributed by atoms with Crippen molar-refractivity contribution in [2.45, 2.75) is 26.4 Å². The summed E-state index contributed by atoms with van der Waals surface area (Å²) in [6, 6.07) is 7.81. The van der Waals surface area contributed by atoms with Crippen LogP contribution in [0, 0.1) is 0 Å². The summed E-state index contributed by atoms with van der Waals surface area (Å²) in [5.41, 5.74) is 0.893. The lowest BCUT2D eigenvalue weighted by atomic mass is 10.2. The Morgan fingerprint density at radius 1 is 1.15 bits per heavy atom. The van der Waals surface area contributed by atoms with E-state index >= 15 is 0 Å². The van der Waals surface area contributed by atoms with Crippen molar-refractivity contribution in [2.24, 2.45) is 7.05 Å². The Morgan fingerprint density at radius 2 is 1.78 bits per heavy atom. The topological polar surface area (TPSA) is 54.8 Å². The second-order valence-electron chi connectivity index (χ2n) is 7.86. The molecule has 0 saturated heterocycles. The van der Waals surface area contributed by atoms with Gasteiger partial charge >= 0.3 is 5.97 Å². The fourth-order valence-electron chi connectivity index (χ4n) is 2.84. The van der Waals surface area contributed by atoms with Crippen molar-refractivity contribution in [3.8, 4) is 0 Å². The number of hydrogen-bond acceptors (Lipinski definition) is 4. The Labute approximate surface area is 169 Å². The predicted octanol–water partition coefficient (Wildman–Crippen LogP) is 3.29. The third-order valence-electron chi connectivity index (χ3n) is 4.09. The zero-order valence-electron chi connectivity index (χ0n) is 16.9. The molecule has 1 aromatic heterocycles. The van der Waals surface area contributed by atoms with Gasteiger partial charge in [-0.3, -0.25) is 9.59 Å². The highest BCUT2D eigenvalue weighted by molar-refractivity contribution is 9.10. The van der Waals surface area contributed by atoms with Gasteiger partial charge < -0.3 is 19.1 Å². The average molecular weight is 438 g/mol. The number of nitrogens with zero attached hydrogens (tertiary/aromatic N) is 3. The molecule has 2 rings (SSSR count). The van der Waals surface area contributed by atoms with Crippen molar-refractivity contribution in [3.63, 3.8) is 0 Å². The SMILES string of the molecule is CN(C)CCN(CC(=O)OC(C)(C)C)C(=O)c1c(Br)c2ccccc2n1C. The third kappa shape index (κ3) is 5.32. The molecular formula is C20H28BrN3O3. The van der Waals surface area contributed by atoms with Gasteiger partial charge in [0.05, 0.1) is 4.47 Å². The summed E-state index contributed by atoms with van der Waals surface area (Å²) in [6.45, 7) is 6.44. The van der Waals surface area contributed by atoms with E-state index in [0.717, 1.165) is 15.4 Å². The number of rotatable bonds is 6. The Balaban J connectivity index is 2.34. The lowest BCUT2D eigenvalue weighted by Gasteiger charge is -2.26. The molecule has 0 bridgehead atoms. The van der Waals surface area contributed by atoms with Crippen LogP contribution in [-0.4, -0.2) is 65.6 Å². The molecule has 0 N–H and O–H groups in total.